The molecule has 5 nitrogen and oxygen atoms in total. The predicted molar refractivity (Wildman–Crippen MR) is 117 cm³/mol. The lowest BCUT2D eigenvalue weighted by Crippen LogP contribution is -2.45. The standard InChI is InChI=1S/C26H22N2O3/c29-23(20-15-14-18-8-7-9-19(18)16-20)17-28-24(30)26(27-25(28)31,21-10-3-1-4-11-21)22-12-5-2-6-13-22/h1-6,10-16H,7-9,17H2,(H,27,31). The second-order valence-electron chi connectivity index (χ2n) is 8.06. The predicted octanol–water partition coefficient (Wildman–Crippen LogP) is 3.85. The molecule has 3 amide bonds. The third kappa shape index (κ3) is 3.13. The van der Waals surface area contributed by atoms with Crippen LogP contribution in [0.15, 0.2) is 78.9 Å². The third-order valence-corrected chi connectivity index (χ3v) is 6.24. The fourth-order valence-electron chi connectivity index (χ4n) is 4.63. The molecule has 3 aromatic carbocycles. The summed E-state index contributed by atoms with van der Waals surface area (Å²) in [6.45, 7) is -0.287. The van der Waals surface area contributed by atoms with Gasteiger partial charge in [-0.25, -0.2) is 4.79 Å². The van der Waals surface area contributed by atoms with Crippen LogP contribution in [0, 0.1) is 0 Å². The second kappa shape index (κ2) is 7.51. The average Bonchev–Trinajstić information content (AvgIpc) is 3.38. The van der Waals surface area contributed by atoms with Gasteiger partial charge < -0.3 is 5.32 Å². The molecule has 2 aliphatic rings. The molecule has 1 heterocycles. The largest absolute Gasteiger partial charge is 0.325 e. The summed E-state index contributed by atoms with van der Waals surface area (Å²) in [5, 5.41) is 2.88. The first-order valence-electron chi connectivity index (χ1n) is 10.5. The van der Waals surface area contributed by atoms with Crippen LogP contribution in [0.4, 0.5) is 4.79 Å². The molecule has 1 fully saturated rings. The number of aryl methyl sites for hydroxylation is 2. The minimum atomic E-state index is -1.35. The summed E-state index contributed by atoms with van der Waals surface area (Å²) in [4.78, 5) is 40.7. The molecule has 0 bridgehead atoms. The first kappa shape index (κ1) is 19.2. The zero-order valence-electron chi connectivity index (χ0n) is 17.0. The Morgan fingerprint density at radius 3 is 2.10 bits per heavy atom. The second-order valence-corrected chi connectivity index (χ2v) is 8.06. The minimum Gasteiger partial charge on any atom is -0.315 e. The molecule has 5 heteroatoms. The number of fused-ring (bicyclic) bond motifs is 1. The lowest BCUT2D eigenvalue weighted by Gasteiger charge is -2.28. The molecular formula is C26H22N2O3. The number of nitrogens with one attached hydrogen (secondary N) is 1. The Bertz CT molecular complexity index is 1130. The summed E-state index contributed by atoms with van der Waals surface area (Å²) < 4.78 is 0. The van der Waals surface area contributed by atoms with E-state index in [4.69, 9.17) is 0 Å². The quantitative estimate of drug-likeness (QED) is 0.513. The molecular weight excluding hydrogens is 388 g/mol. The maximum atomic E-state index is 13.7. The Balaban J connectivity index is 1.49. The number of ketones is 1. The molecule has 1 N–H and O–H groups in total. The smallest absolute Gasteiger partial charge is 0.315 e. The zero-order valence-corrected chi connectivity index (χ0v) is 17.0. The molecule has 154 valence electrons. The highest BCUT2D eigenvalue weighted by Crippen LogP contribution is 2.36. The van der Waals surface area contributed by atoms with E-state index >= 15 is 0 Å². The van der Waals surface area contributed by atoms with Crippen molar-refractivity contribution in [3.05, 3.63) is 107 Å². The van der Waals surface area contributed by atoms with E-state index in [1.807, 2.05) is 72.8 Å². The van der Waals surface area contributed by atoms with Crippen molar-refractivity contribution in [2.24, 2.45) is 0 Å². The summed E-state index contributed by atoms with van der Waals surface area (Å²) in [5.74, 6) is -0.681. The number of benzene rings is 3. The van der Waals surface area contributed by atoms with Crippen molar-refractivity contribution in [3.63, 3.8) is 0 Å². The zero-order chi connectivity index (χ0) is 21.4. The summed E-state index contributed by atoms with van der Waals surface area (Å²) >= 11 is 0. The van der Waals surface area contributed by atoms with Crippen molar-refractivity contribution in [1.82, 2.24) is 10.2 Å². The molecule has 1 aliphatic carbocycles. The number of nitrogens with zero attached hydrogens (tertiary/aromatic N) is 1. The van der Waals surface area contributed by atoms with Crippen LogP contribution in [0.2, 0.25) is 0 Å². The first-order valence-corrected chi connectivity index (χ1v) is 10.5. The maximum absolute atomic E-state index is 13.7. The number of urea groups is 1. The van der Waals surface area contributed by atoms with Crippen molar-refractivity contribution in [2.45, 2.75) is 24.8 Å². The summed E-state index contributed by atoms with van der Waals surface area (Å²) in [6.07, 6.45) is 3.09. The molecule has 0 aromatic heterocycles. The van der Waals surface area contributed by atoms with Gasteiger partial charge in [-0.05, 0) is 47.6 Å². The molecule has 0 saturated carbocycles. The van der Waals surface area contributed by atoms with Gasteiger partial charge in [0.15, 0.2) is 11.3 Å². The van der Waals surface area contributed by atoms with E-state index in [0.717, 1.165) is 24.2 Å². The Morgan fingerprint density at radius 2 is 1.45 bits per heavy atom. The van der Waals surface area contributed by atoms with E-state index in [-0.39, 0.29) is 12.3 Å². The van der Waals surface area contributed by atoms with Gasteiger partial charge in [-0.1, -0.05) is 72.8 Å². The Hall–Kier alpha value is -3.73. The van der Waals surface area contributed by atoms with Crippen molar-refractivity contribution in [1.29, 1.82) is 0 Å². The average molecular weight is 410 g/mol. The number of imide groups is 1. The molecule has 3 aromatic rings. The van der Waals surface area contributed by atoms with E-state index in [1.165, 1.54) is 11.1 Å². The summed E-state index contributed by atoms with van der Waals surface area (Å²) in [5.41, 5.74) is 2.97. The van der Waals surface area contributed by atoms with Crippen LogP contribution < -0.4 is 5.32 Å². The molecule has 1 aliphatic heterocycles. The monoisotopic (exact) mass is 410 g/mol. The highest BCUT2D eigenvalue weighted by Gasteiger charge is 2.54. The number of amides is 3. The van der Waals surface area contributed by atoms with Gasteiger partial charge in [0.1, 0.15) is 0 Å². The summed E-state index contributed by atoms with van der Waals surface area (Å²) in [7, 11) is 0. The van der Waals surface area contributed by atoms with Crippen molar-refractivity contribution < 1.29 is 14.4 Å². The van der Waals surface area contributed by atoms with Gasteiger partial charge in [0.25, 0.3) is 5.91 Å². The maximum Gasteiger partial charge on any atom is 0.325 e. The number of hydrogen-bond acceptors (Lipinski definition) is 3. The molecule has 0 unspecified atom stereocenters. The summed E-state index contributed by atoms with van der Waals surface area (Å²) in [6, 6.07) is 23.4. The Kier molecular flexibility index (Phi) is 4.66. The fourth-order valence-corrected chi connectivity index (χ4v) is 4.63. The number of rotatable bonds is 5. The van der Waals surface area contributed by atoms with Crippen LogP contribution in [-0.2, 0) is 23.2 Å². The van der Waals surface area contributed by atoms with Gasteiger partial charge in [0.05, 0.1) is 6.54 Å². The molecule has 0 spiro atoms. The van der Waals surface area contributed by atoms with Crippen LogP contribution in [0.25, 0.3) is 0 Å². The van der Waals surface area contributed by atoms with E-state index in [2.05, 4.69) is 5.32 Å². The van der Waals surface area contributed by atoms with Gasteiger partial charge in [-0.3, -0.25) is 14.5 Å². The van der Waals surface area contributed by atoms with Crippen molar-refractivity contribution in [2.75, 3.05) is 6.54 Å². The van der Waals surface area contributed by atoms with Gasteiger partial charge in [-0.15, -0.1) is 0 Å². The molecule has 0 atom stereocenters. The topological polar surface area (TPSA) is 66.5 Å². The Labute approximate surface area is 180 Å². The van der Waals surface area contributed by atoms with Crippen LogP contribution in [-0.4, -0.2) is 29.2 Å². The van der Waals surface area contributed by atoms with E-state index < -0.39 is 17.5 Å². The highest BCUT2D eigenvalue weighted by molar-refractivity contribution is 6.13. The lowest BCUT2D eigenvalue weighted by atomic mass is 9.82. The van der Waals surface area contributed by atoms with Crippen LogP contribution in [0.3, 0.4) is 0 Å². The van der Waals surface area contributed by atoms with Crippen LogP contribution in [0.5, 0.6) is 0 Å². The first-order chi connectivity index (χ1) is 15.1. The van der Waals surface area contributed by atoms with Crippen molar-refractivity contribution >= 4 is 17.7 Å². The van der Waals surface area contributed by atoms with Gasteiger partial charge >= 0.3 is 6.03 Å². The van der Waals surface area contributed by atoms with Gasteiger partial charge in [0, 0.05) is 5.56 Å². The third-order valence-electron chi connectivity index (χ3n) is 6.24. The van der Waals surface area contributed by atoms with Crippen molar-refractivity contribution in [3.8, 4) is 0 Å². The van der Waals surface area contributed by atoms with E-state index in [1.54, 1.807) is 6.07 Å². The number of carbonyl (C=O) groups excluding carboxylic acids is 3. The molecule has 1 saturated heterocycles. The molecule has 31 heavy (non-hydrogen) atoms. The molecule has 5 rings (SSSR count). The number of carbonyl (C=O) groups is 3. The number of hydrogen-bond donors (Lipinski definition) is 1. The van der Waals surface area contributed by atoms with Crippen LogP contribution >= 0.6 is 0 Å². The number of Topliss-reactive ketones (excluding diaryl/α,β-unsaturated/α-hetero) is 1. The normalized spacial score (nSPS) is 16.8. The van der Waals surface area contributed by atoms with Crippen LogP contribution in [0.1, 0.15) is 39.0 Å². The van der Waals surface area contributed by atoms with E-state index in [9.17, 15) is 14.4 Å². The van der Waals surface area contributed by atoms with E-state index in [0.29, 0.717) is 16.7 Å². The SMILES string of the molecule is O=C(CN1C(=O)NC(c2ccccc2)(c2ccccc2)C1=O)c1ccc2c(c1)CCC2. The Morgan fingerprint density at radius 1 is 0.839 bits per heavy atom. The van der Waals surface area contributed by atoms with Gasteiger partial charge in [0.2, 0.25) is 0 Å². The minimum absolute atomic E-state index is 0.241. The molecule has 0 radical (unpaired) electrons. The van der Waals surface area contributed by atoms with Gasteiger partial charge in [-0.2, -0.15) is 0 Å². The lowest BCUT2D eigenvalue weighted by molar-refractivity contribution is -0.129. The fraction of sp³-hybridized carbons (Fsp3) is 0.192. The highest BCUT2D eigenvalue weighted by atomic mass is 16.2.